The number of carbonyl (C=O) groups excluding carboxylic acids is 5. The standard InChI is InChI=1S/C11H15BrN4O3S.C5H5Br2NS.C5H3BrN4S.C5H5BrN2S.C5H7NS.C4HBr2NOS.C4H4BrNO2.CH3F.H2N2.H2/c1-11(2,3)19-5(17)4-16-9-7(14-10(12)20-9)6(15-16)8(13)18;1-2-3-4(6)9-5(7)8-3;6-5-8-3-2(1-7)9-10-4(3)11-5;6-5-8-3-1-7-2-4(3)9-5;1-2-5-3-7-4-6-5;5-3-2(1-8)7-4(6)9-3;5-6-3(7)1-2-4(6)8;2*1-2;/h7,9H,4H2,1-3H3,(H2,13,18);2H2,1H3;3-4,10H;1,3-4H,2H2;3-4H,2H2,1H3;1H;1-2H2;1H3;1-2H;1H/i;;;;;;;1D;;. The summed E-state index contributed by atoms with van der Waals surface area (Å²) in [7, 11) is -1.00. The number of amides is 3. The Morgan fingerprint density at radius 1 is 0.974 bits per heavy atom. The first kappa shape index (κ1) is 69.4. The molecule has 0 saturated carbocycles. The number of nitrogens with two attached hydrogens (primary N) is 1. The minimum atomic E-state index is -1.00. The number of nitrogens with zero attached hydrogens (tertiary/aromatic N) is 12. The number of thiazole rings is 3. The summed E-state index contributed by atoms with van der Waals surface area (Å²) in [6, 6.07) is 1.85. The number of hydrogen-bond acceptors (Lipinski definition) is 26. The zero-order chi connectivity index (χ0) is 58.9. The second kappa shape index (κ2) is 36.6. The Kier molecular flexibility index (Phi) is 33.0. The highest BCUT2D eigenvalue weighted by molar-refractivity contribution is 9.22. The fourth-order valence-electron chi connectivity index (χ4n) is 5.66. The maximum atomic E-state index is 11.9. The van der Waals surface area contributed by atoms with Crippen molar-refractivity contribution in [2.24, 2.45) is 35.9 Å². The van der Waals surface area contributed by atoms with E-state index in [2.05, 4.69) is 197 Å². The minimum Gasteiger partial charge on any atom is -0.459 e. The molecule has 0 aliphatic carbocycles. The Morgan fingerprint density at radius 3 is 2.00 bits per heavy atom. The molecule has 5 N–H and O–H groups in total. The van der Waals surface area contributed by atoms with Crippen LogP contribution in [0.5, 0.6) is 0 Å². The van der Waals surface area contributed by atoms with Crippen LogP contribution in [0.2, 0.25) is 0 Å². The first-order valence-corrected chi connectivity index (χ1v) is 32.7. The predicted molar refractivity (Wildman–Crippen MR) is 339 cm³/mol. The molecule has 77 heavy (non-hydrogen) atoms. The molecule has 10 rings (SSSR count). The van der Waals surface area contributed by atoms with Crippen molar-refractivity contribution in [2.45, 2.75) is 100 Å². The number of aliphatic imine (C=N–C) groups is 4. The van der Waals surface area contributed by atoms with E-state index in [4.69, 9.17) is 28.2 Å². The van der Waals surface area contributed by atoms with Gasteiger partial charge in [0.25, 0.3) is 5.91 Å². The highest BCUT2D eigenvalue weighted by Gasteiger charge is 2.45. The minimum absolute atomic E-state index is 0. The van der Waals surface area contributed by atoms with Gasteiger partial charge < -0.3 is 10.5 Å². The Labute approximate surface area is 537 Å². The van der Waals surface area contributed by atoms with Gasteiger partial charge in [-0.25, -0.2) is 29.9 Å². The number of hydrogen-bond donors (Lipinski definition) is 4. The summed E-state index contributed by atoms with van der Waals surface area (Å²) >= 11 is 35.1. The molecular weight excluding hydrogens is 1650 g/mol. The van der Waals surface area contributed by atoms with E-state index in [9.17, 15) is 28.4 Å². The number of halogens is 9. The number of hydrazone groups is 2. The van der Waals surface area contributed by atoms with Crippen molar-refractivity contribution in [2.75, 3.05) is 20.2 Å². The highest BCUT2D eigenvalue weighted by atomic mass is 79.9. The highest BCUT2D eigenvalue weighted by Crippen LogP contribution is 2.37. The van der Waals surface area contributed by atoms with E-state index < -0.39 is 30.7 Å². The summed E-state index contributed by atoms with van der Waals surface area (Å²) < 4.78 is 27.8. The molecule has 0 radical (unpaired) electrons. The molecule has 3 aromatic rings. The molecule has 422 valence electrons. The number of ether oxygens (including phenoxy) is 1. The lowest BCUT2D eigenvalue weighted by molar-refractivity contribution is -0.156. The largest absolute Gasteiger partial charge is 0.459 e. The van der Waals surface area contributed by atoms with Gasteiger partial charge >= 0.3 is 5.97 Å². The Morgan fingerprint density at radius 2 is 1.57 bits per heavy atom. The number of nitrogens with one attached hydrogen (secondary N) is 3. The van der Waals surface area contributed by atoms with Crippen LogP contribution in [-0.2, 0) is 36.8 Å². The van der Waals surface area contributed by atoms with Crippen molar-refractivity contribution < 1.29 is 35.9 Å². The molecule has 6 unspecified atom stereocenters. The summed E-state index contributed by atoms with van der Waals surface area (Å²) in [4.78, 5) is 83.2. The molecule has 22 nitrogen and oxygen atoms in total. The lowest BCUT2D eigenvalue weighted by atomic mass is 10.2. The Balaban J connectivity index is 0.000000467. The van der Waals surface area contributed by atoms with E-state index in [-0.39, 0.29) is 42.3 Å². The maximum absolute atomic E-state index is 11.9. The van der Waals surface area contributed by atoms with Gasteiger partial charge in [0.1, 0.15) is 68.4 Å². The van der Waals surface area contributed by atoms with Gasteiger partial charge in [-0.2, -0.15) is 15.5 Å². The third-order valence-electron chi connectivity index (χ3n) is 8.87. The molecule has 7 aliphatic rings. The number of alkyl halides is 1. The molecule has 1 fully saturated rings. The van der Waals surface area contributed by atoms with Crippen LogP contribution in [0.15, 0.2) is 56.5 Å². The molecule has 0 aromatic carbocycles. The van der Waals surface area contributed by atoms with Crippen molar-refractivity contribution in [3.63, 3.8) is 0 Å². The molecule has 6 atom stereocenters. The van der Waals surface area contributed by atoms with Gasteiger partial charge in [-0.05, 0) is 145 Å². The van der Waals surface area contributed by atoms with Crippen molar-refractivity contribution >= 4 is 256 Å². The van der Waals surface area contributed by atoms with Crippen LogP contribution in [0, 0.1) is 22.4 Å². The molecule has 0 spiro atoms. The van der Waals surface area contributed by atoms with Gasteiger partial charge in [-0.1, -0.05) is 71.8 Å². The molecule has 7 aliphatic heterocycles. The van der Waals surface area contributed by atoms with Crippen LogP contribution < -0.4 is 11.2 Å². The van der Waals surface area contributed by atoms with Crippen LogP contribution in [-0.4, -0.2) is 143 Å². The maximum Gasteiger partial charge on any atom is 0.327 e. The number of aryl methyl sites for hydroxylation is 2. The van der Waals surface area contributed by atoms with E-state index in [0.717, 1.165) is 52.3 Å². The second-order valence-corrected chi connectivity index (χ2v) is 31.1. The van der Waals surface area contributed by atoms with Crippen LogP contribution >= 0.6 is 197 Å². The third kappa shape index (κ3) is 24.3. The number of rotatable bonds is 6. The monoisotopic (exact) mass is 1690 g/mol. The Bertz CT molecular complexity index is 2740. The van der Waals surface area contributed by atoms with E-state index in [0.29, 0.717) is 45.8 Å². The molecule has 37 heteroatoms. The summed E-state index contributed by atoms with van der Waals surface area (Å²) in [6.07, 6.45) is 5.40. The summed E-state index contributed by atoms with van der Waals surface area (Å²) in [6.45, 7) is 10.5. The van der Waals surface area contributed by atoms with Gasteiger partial charge in [0, 0.05) is 25.9 Å². The average Bonchev–Trinajstić information content (AvgIpc) is 4.24. The smallest absolute Gasteiger partial charge is 0.327 e. The number of esters is 1. The van der Waals surface area contributed by atoms with Gasteiger partial charge in [0.15, 0.2) is 25.5 Å². The molecule has 3 amide bonds. The number of primary amides is 1. The van der Waals surface area contributed by atoms with Crippen molar-refractivity contribution in [3.05, 3.63) is 43.4 Å². The van der Waals surface area contributed by atoms with E-state index in [1.54, 1.807) is 67.0 Å². The van der Waals surface area contributed by atoms with Crippen molar-refractivity contribution in [3.8, 4) is 6.07 Å². The quantitative estimate of drug-likeness (QED) is 0.0586. The summed E-state index contributed by atoms with van der Waals surface area (Å²) in [5, 5.41) is 20.6. The van der Waals surface area contributed by atoms with Gasteiger partial charge in [0.05, 0.1) is 57.2 Å². The molecule has 0 bridgehead atoms. The lowest BCUT2D eigenvalue weighted by Crippen LogP contribution is -2.38. The topological polar surface area (TPSA) is 323 Å². The van der Waals surface area contributed by atoms with Gasteiger partial charge in [0.2, 0.25) is 11.8 Å². The number of aldehydes is 1. The van der Waals surface area contributed by atoms with Crippen LogP contribution in [0.3, 0.4) is 0 Å². The zero-order valence-electron chi connectivity index (χ0n) is 41.5. The van der Waals surface area contributed by atoms with E-state index in [1.807, 2.05) is 17.8 Å². The molecule has 1 saturated heterocycles. The zero-order valence-corrected chi connectivity index (χ0v) is 58.1. The van der Waals surface area contributed by atoms with Crippen LogP contribution in [0.4, 0.5) is 4.39 Å². The average molecular weight is 1700 g/mol. The van der Waals surface area contributed by atoms with Crippen LogP contribution in [0.25, 0.3) is 0 Å². The van der Waals surface area contributed by atoms with Crippen molar-refractivity contribution in [1.82, 2.24) is 29.3 Å². The number of fused-ring (bicyclic) bond motifs is 3. The summed E-state index contributed by atoms with van der Waals surface area (Å²) in [5.74, 6) is -1.32. The fourth-order valence-corrected chi connectivity index (χ4v) is 17.1. The normalized spacial score (nSPS) is 21.4. The predicted octanol–water partition coefficient (Wildman–Crippen LogP) is 11.9. The van der Waals surface area contributed by atoms with E-state index in [1.165, 1.54) is 33.8 Å². The van der Waals surface area contributed by atoms with E-state index >= 15 is 0 Å². The number of nitriles is 1. The SMILES string of the molecule is BrC1=NC2C=NCC2S1.CC(C)(C)OC(=O)CN1N=C(C(N)=O)C2N=C(Br)SC21.CCc1cscn1.CCc1nc(Br)sc1Br.N#CC1=NNC2SC(Br)=NC12.N=N.O=C1CCC(=O)N1Br.O=Cc1nc(Br)sc1Br.[2H]CF.[HH]. The molecular formula is C40H47Br8FN16O6S6. The van der Waals surface area contributed by atoms with Crippen molar-refractivity contribution in [1.29, 1.82) is 16.3 Å². The Hall–Kier alpha value is -1.83. The number of thioether (sulfide) groups is 3. The third-order valence-corrected chi connectivity index (χ3v) is 20.1. The fraction of sp³-hybridized carbons (Fsp3) is 0.475. The number of imide groups is 1. The van der Waals surface area contributed by atoms with Gasteiger partial charge in [-0.15, -0.1) is 11.3 Å². The first-order valence-electron chi connectivity index (χ1n) is 22.0. The van der Waals surface area contributed by atoms with Gasteiger partial charge in [-0.3, -0.25) is 58.8 Å². The number of carbonyl (C=O) groups is 5. The van der Waals surface area contributed by atoms with Crippen LogP contribution in [0.1, 0.15) is 72.1 Å². The molecule has 10 heterocycles. The molecule has 3 aromatic heterocycles. The first-order chi connectivity index (χ1) is 36.9. The number of aromatic nitrogens is 3. The second-order valence-electron chi connectivity index (χ2n) is 15.2. The lowest BCUT2D eigenvalue weighted by Gasteiger charge is -2.24. The summed E-state index contributed by atoms with van der Waals surface area (Å²) in [5.41, 5.74) is 22.8.